The predicted molar refractivity (Wildman–Crippen MR) is 63.4 cm³/mol. The molecule has 0 bridgehead atoms. The maximum Gasteiger partial charge on any atom is 0.249 e. The highest BCUT2D eigenvalue weighted by Gasteiger charge is 2.34. The van der Waals surface area contributed by atoms with Gasteiger partial charge >= 0.3 is 0 Å². The lowest BCUT2D eigenvalue weighted by Crippen LogP contribution is -2.59. The van der Waals surface area contributed by atoms with Crippen LogP contribution in [0.3, 0.4) is 0 Å². The molecule has 0 aliphatic carbocycles. The summed E-state index contributed by atoms with van der Waals surface area (Å²) >= 11 is 0. The van der Waals surface area contributed by atoms with Crippen molar-refractivity contribution in [1.29, 1.82) is 0 Å². The fourth-order valence-electron chi connectivity index (χ4n) is 2.74. The molecule has 17 heavy (non-hydrogen) atoms. The van der Waals surface area contributed by atoms with E-state index in [1.54, 1.807) is 0 Å². The lowest BCUT2D eigenvalue weighted by molar-refractivity contribution is -0.162. The van der Waals surface area contributed by atoms with Crippen LogP contribution in [0.2, 0.25) is 0 Å². The van der Waals surface area contributed by atoms with Gasteiger partial charge in [-0.15, -0.1) is 0 Å². The summed E-state index contributed by atoms with van der Waals surface area (Å²) < 4.78 is 5.27. The number of nitrogens with zero attached hydrogens (tertiary/aromatic N) is 2. The van der Waals surface area contributed by atoms with Gasteiger partial charge in [-0.05, 0) is 25.8 Å². The van der Waals surface area contributed by atoms with Crippen LogP contribution in [0.4, 0.5) is 0 Å². The zero-order valence-corrected chi connectivity index (χ0v) is 10.5. The SMILES string of the molecule is CCN1CCCCC1N1CC(CO)OCC1=O. The average Bonchev–Trinajstić information content (AvgIpc) is 2.39. The van der Waals surface area contributed by atoms with Crippen molar-refractivity contribution >= 4 is 5.91 Å². The second-order valence-corrected chi connectivity index (χ2v) is 4.77. The summed E-state index contributed by atoms with van der Waals surface area (Å²) in [6.45, 7) is 4.79. The van der Waals surface area contributed by atoms with Gasteiger partial charge < -0.3 is 14.7 Å². The zero-order chi connectivity index (χ0) is 12.3. The van der Waals surface area contributed by atoms with E-state index in [1.165, 1.54) is 12.8 Å². The van der Waals surface area contributed by atoms with Crippen molar-refractivity contribution in [1.82, 2.24) is 9.80 Å². The van der Waals surface area contributed by atoms with Crippen LogP contribution in [-0.2, 0) is 9.53 Å². The highest BCUT2D eigenvalue weighted by Crippen LogP contribution is 2.22. The number of carbonyl (C=O) groups excluding carboxylic acids is 1. The number of aliphatic hydroxyl groups excluding tert-OH is 1. The van der Waals surface area contributed by atoms with E-state index in [4.69, 9.17) is 9.84 Å². The standard InChI is InChI=1S/C12H22N2O3/c1-2-13-6-4-3-5-11(13)14-7-10(8-15)17-9-12(14)16/h10-11,15H,2-9H2,1H3. The van der Waals surface area contributed by atoms with Crippen LogP contribution in [0.1, 0.15) is 26.2 Å². The third-order valence-electron chi connectivity index (χ3n) is 3.71. The molecule has 0 saturated carbocycles. The van der Waals surface area contributed by atoms with Crippen LogP contribution in [-0.4, -0.2) is 65.9 Å². The number of morpholine rings is 1. The summed E-state index contributed by atoms with van der Waals surface area (Å²) in [5.41, 5.74) is 0. The fourth-order valence-corrected chi connectivity index (χ4v) is 2.74. The van der Waals surface area contributed by atoms with Crippen molar-refractivity contribution in [3.05, 3.63) is 0 Å². The Bertz CT molecular complexity index is 272. The maximum atomic E-state index is 11.9. The number of likely N-dealkylation sites (tertiary alicyclic amines) is 1. The van der Waals surface area contributed by atoms with Gasteiger partial charge in [0, 0.05) is 6.54 Å². The first-order valence-electron chi connectivity index (χ1n) is 6.52. The minimum atomic E-state index is -0.215. The van der Waals surface area contributed by atoms with Gasteiger partial charge in [0.25, 0.3) is 0 Å². The van der Waals surface area contributed by atoms with Gasteiger partial charge in [0.1, 0.15) is 6.61 Å². The number of hydrogen-bond acceptors (Lipinski definition) is 4. The van der Waals surface area contributed by atoms with Crippen LogP contribution in [0.5, 0.6) is 0 Å². The Morgan fingerprint density at radius 1 is 1.47 bits per heavy atom. The first kappa shape index (κ1) is 12.8. The first-order valence-corrected chi connectivity index (χ1v) is 6.52. The Balaban J connectivity index is 2.04. The second-order valence-electron chi connectivity index (χ2n) is 4.77. The molecule has 2 heterocycles. The predicted octanol–water partition coefficient (Wildman–Crippen LogP) is 0.0380. The van der Waals surface area contributed by atoms with Gasteiger partial charge in [0.2, 0.25) is 5.91 Å². The first-order chi connectivity index (χ1) is 8.26. The van der Waals surface area contributed by atoms with Crippen LogP contribution in [0.15, 0.2) is 0 Å². The molecule has 2 rings (SSSR count). The smallest absolute Gasteiger partial charge is 0.249 e. The number of ether oxygens (including phenoxy) is 1. The Kier molecular flexibility index (Phi) is 4.36. The molecule has 0 spiro atoms. The Morgan fingerprint density at radius 2 is 2.29 bits per heavy atom. The lowest BCUT2D eigenvalue weighted by Gasteiger charge is -2.45. The third-order valence-corrected chi connectivity index (χ3v) is 3.71. The highest BCUT2D eigenvalue weighted by molar-refractivity contribution is 5.78. The van der Waals surface area contributed by atoms with Crippen LogP contribution < -0.4 is 0 Å². The Labute approximate surface area is 102 Å². The zero-order valence-electron chi connectivity index (χ0n) is 10.5. The molecule has 2 atom stereocenters. The van der Waals surface area contributed by atoms with E-state index in [2.05, 4.69) is 11.8 Å². The highest BCUT2D eigenvalue weighted by atomic mass is 16.5. The fraction of sp³-hybridized carbons (Fsp3) is 0.917. The normalized spacial score (nSPS) is 31.9. The molecule has 2 saturated heterocycles. The third kappa shape index (κ3) is 2.78. The molecular formula is C12H22N2O3. The number of aliphatic hydroxyl groups is 1. The molecule has 0 aromatic rings. The van der Waals surface area contributed by atoms with Crippen molar-refractivity contribution < 1.29 is 14.6 Å². The molecule has 0 radical (unpaired) electrons. The van der Waals surface area contributed by atoms with Crippen molar-refractivity contribution in [3.63, 3.8) is 0 Å². The van der Waals surface area contributed by atoms with E-state index in [0.29, 0.717) is 6.54 Å². The van der Waals surface area contributed by atoms with Crippen molar-refractivity contribution in [2.45, 2.75) is 38.5 Å². The summed E-state index contributed by atoms with van der Waals surface area (Å²) in [7, 11) is 0. The van der Waals surface area contributed by atoms with Crippen LogP contribution in [0.25, 0.3) is 0 Å². The van der Waals surface area contributed by atoms with E-state index < -0.39 is 0 Å². The molecule has 0 aromatic carbocycles. The van der Waals surface area contributed by atoms with E-state index in [0.717, 1.165) is 19.5 Å². The molecule has 0 aromatic heterocycles. The number of carbonyl (C=O) groups is 1. The topological polar surface area (TPSA) is 53.0 Å². The molecule has 2 aliphatic rings. The molecule has 98 valence electrons. The molecular weight excluding hydrogens is 220 g/mol. The summed E-state index contributed by atoms with van der Waals surface area (Å²) in [4.78, 5) is 16.2. The van der Waals surface area contributed by atoms with Gasteiger partial charge in [-0.1, -0.05) is 6.92 Å². The van der Waals surface area contributed by atoms with Crippen LogP contribution in [0, 0.1) is 0 Å². The average molecular weight is 242 g/mol. The minimum absolute atomic E-state index is 0.0113. The van der Waals surface area contributed by atoms with E-state index >= 15 is 0 Å². The number of amides is 1. The number of hydrogen-bond donors (Lipinski definition) is 1. The summed E-state index contributed by atoms with van der Waals surface area (Å²) in [5.74, 6) is 0.0556. The lowest BCUT2D eigenvalue weighted by atomic mass is 10.1. The number of piperidine rings is 1. The van der Waals surface area contributed by atoms with Gasteiger partial charge in [-0.25, -0.2) is 0 Å². The van der Waals surface area contributed by atoms with E-state index in [-0.39, 0.29) is 31.4 Å². The second kappa shape index (κ2) is 5.80. The van der Waals surface area contributed by atoms with Gasteiger partial charge in [-0.2, -0.15) is 0 Å². The number of rotatable bonds is 3. The summed E-state index contributed by atoms with van der Waals surface area (Å²) in [6, 6.07) is 0. The van der Waals surface area contributed by atoms with E-state index in [1.807, 2.05) is 4.90 Å². The quantitative estimate of drug-likeness (QED) is 0.759. The molecule has 2 unspecified atom stereocenters. The molecule has 2 aliphatic heterocycles. The summed E-state index contributed by atoms with van der Waals surface area (Å²) in [5, 5.41) is 9.14. The minimum Gasteiger partial charge on any atom is -0.394 e. The van der Waals surface area contributed by atoms with Gasteiger partial charge in [0.05, 0.1) is 25.4 Å². The monoisotopic (exact) mass is 242 g/mol. The largest absolute Gasteiger partial charge is 0.394 e. The molecule has 5 heteroatoms. The van der Waals surface area contributed by atoms with Gasteiger partial charge in [0.15, 0.2) is 0 Å². The van der Waals surface area contributed by atoms with Crippen molar-refractivity contribution in [2.24, 2.45) is 0 Å². The molecule has 2 fully saturated rings. The van der Waals surface area contributed by atoms with Crippen molar-refractivity contribution in [3.8, 4) is 0 Å². The molecule has 5 nitrogen and oxygen atoms in total. The maximum absolute atomic E-state index is 11.9. The molecule has 1 amide bonds. The van der Waals surface area contributed by atoms with E-state index in [9.17, 15) is 4.79 Å². The van der Waals surface area contributed by atoms with Crippen LogP contribution >= 0.6 is 0 Å². The Morgan fingerprint density at radius 3 is 3.00 bits per heavy atom. The van der Waals surface area contributed by atoms with Gasteiger partial charge in [-0.3, -0.25) is 9.69 Å². The summed E-state index contributed by atoms with van der Waals surface area (Å²) in [6.07, 6.45) is 3.42. The van der Waals surface area contributed by atoms with Crippen molar-refractivity contribution in [2.75, 3.05) is 32.8 Å². The Hall–Kier alpha value is -0.650. The molecule has 1 N–H and O–H groups in total.